The first-order valence-corrected chi connectivity index (χ1v) is 7.44. The van der Waals surface area contributed by atoms with Gasteiger partial charge in [-0.15, -0.1) is 31.4 Å². The number of aromatic amines is 1. The minimum absolute atomic E-state index is 0. The normalized spacial score (nSPS) is 16.6. The first-order valence-electron chi connectivity index (χ1n) is 7.44. The molecule has 5 heteroatoms. The zero-order chi connectivity index (χ0) is 13.9. The first-order chi connectivity index (χ1) is 9.81. The molecule has 2 heterocycles. The number of halogens is 2. The quantitative estimate of drug-likeness (QED) is 0.827. The Hall–Kier alpha value is -1.000. The molecule has 3 nitrogen and oxygen atoms in total. The van der Waals surface area contributed by atoms with Crippen molar-refractivity contribution in [3.05, 3.63) is 48.2 Å². The van der Waals surface area contributed by atoms with Crippen LogP contribution in [0.25, 0.3) is 10.9 Å². The van der Waals surface area contributed by atoms with E-state index < -0.39 is 0 Å². The maximum absolute atomic E-state index is 3.96. The molecule has 0 radical (unpaired) electrons. The van der Waals surface area contributed by atoms with Gasteiger partial charge in [0.1, 0.15) is 0 Å². The Morgan fingerprint density at radius 1 is 1.23 bits per heavy atom. The lowest BCUT2D eigenvalue weighted by Gasteiger charge is -2.35. The van der Waals surface area contributed by atoms with Crippen molar-refractivity contribution in [3.8, 4) is 0 Å². The largest absolute Gasteiger partial charge is 0.358 e. The number of piperazine rings is 1. The molecule has 0 amide bonds. The molecule has 22 heavy (non-hydrogen) atoms. The van der Waals surface area contributed by atoms with Gasteiger partial charge < -0.3 is 10.3 Å². The summed E-state index contributed by atoms with van der Waals surface area (Å²) in [7, 11) is 0. The van der Waals surface area contributed by atoms with E-state index in [1.807, 2.05) is 6.08 Å². The summed E-state index contributed by atoms with van der Waals surface area (Å²) in [5, 5.41) is 4.79. The summed E-state index contributed by atoms with van der Waals surface area (Å²) in [6.45, 7) is 10.5. The van der Waals surface area contributed by atoms with Crippen LogP contribution in [0.1, 0.15) is 23.7 Å². The smallest absolute Gasteiger partial charge is 0.0459 e. The van der Waals surface area contributed by atoms with Crippen molar-refractivity contribution in [2.45, 2.75) is 19.4 Å². The molecule has 0 bridgehead atoms. The second-order valence-corrected chi connectivity index (χ2v) is 5.54. The highest BCUT2D eigenvalue weighted by Gasteiger charge is 2.25. The summed E-state index contributed by atoms with van der Waals surface area (Å²) < 4.78 is 0. The number of nitrogens with one attached hydrogen (secondary N) is 2. The lowest BCUT2D eigenvalue weighted by molar-refractivity contribution is 0.175. The van der Waals surface area contributed by atoms with E-state index in [2.05, 4.69) is 53.0 Å². The summed E-state index contributed by atoms with van der Waals surface area (Å²) in [4.78, 5) is 6.11. The fraction of sp³-hybridized carbons (Fsp3) is 0.412. The van der Waals surface area contributed by atoms with Crippen molar-refractivity contribution in [3.63, 3.8) is 0 Å². The van der Waals surface area contributed by atoms with E-state index >= 15 is 0 Å². The van der Waals surface area contributed by atoms with Gasteiger partial charge in [-0.05, 0) is 25.0 Å². The van der Waals surface area contributed by atoms with Gasteiger partial charge in [0.2, 0.25) is 0 Å². The van der Waals surface area contributed by atoms with Crippen LogP contribution >= 0.6 is 24.8 Å². The Bertz CT molecular complexity index is 603. The number of H-pyrrole nitrogens is 1. The van der Waals surface area contributed by atoms with Crippen molar-refractivity contribution >= 4 is 35.7 Å². The predicted molar refractivity (Wildman–Crippen MR) is 99.5 cm³/mol. The topological polar surface area (TPSA) is 31.1 Å². The number of benzene rings is 1. The Labute approximate surface area is 145 Å². The number of aryl methyl sites for hydroxylation is 1. The van der Waals surface area contributed by atoms with Crippen LogP contribution in [-0.2, 0) is 0 Å². The van der Waals surface area contributed by atoms with Crippen LogP contribution in [0.2, 0.25) is 0 Å². The van der Waals surface area contributed by atoms with Crippen LogP contribution in [-0.4, -0.2) is 36.1 Å². The minimum Gasteiger partial charge on any atom is -0.358 e. The molecular formula is C17H25Cl2N3. The zero-order valence-electron chi connectivity index (χ0n) is 13.0. The second-order valence-electron chi connectivity index (χ2n) is 5.54. The minimum atomic E-state index is 0. The fourth-order valence-corrected chi connectivity index (χ4v) is 3.33. The third kappa shape index (κ3) is 3.66. The van der Waals surface area contributed by atoms with Crippen LogP contribution in [0.4, 0.5) is 0 Å². The molecule has 0 saturated carbocycles. The highest BCUT2D eigenvalue weighted by Crippen LogP contribution is 2.33. The van der Waals surface area contributed by atoms with E-state index in [1.54, 1.807) is 0 Å². The van der Waals surface area contributed by atoms with E-state index in [0.717, 1.165) is 32.6 Å². The maximum atomic E-state index is 3.96. The van der Waals surface area contributed by atoms with Crippen molar-refractivity contribution in [2.24, 2.45) is 0 Å². The number of hydrogen-bond acceptors (Lipinski definition) is 2. The summed E-state index contributed by atoms with van der Waals surface area (Å²) in [5.41, 5.74) is 3.98. The van der Waals surface area contributed by atoms with E-state index in [1.165, 1.54) is 22.2 Å². The zero-order valence-corrected chi connectivity index (χ0v) is 14.6. The van der Waals surface area contributed by atoms with Gasteiger partial charge in [-0.3, -0.25) is 4.90 Å². The lowest BCUT2D eigenvalue weighted by atomic mass is 9.98. The van der Waals surface area contributed by atoms with Gasteiger partial charge in [0.05, 0.1) is 0 Å². The van der Waals surface area contributed by atoms with E-state index in [4.69, 9.17) is 0 Å². The molecule has 1 aromatic carbocycles. The molecule has 1 aliphatic heterocycles. The molecule has 1 aliphatic rings. The Kier molecular flexibility index (Phi) is 7.43. The Morgan fingerprint density at radius 2 is 1.91 bits per heavy atom. The number of nitrogens with zero attached hydrogens (tertiary/aromatic N) is 1. The number of aromatic nitrogens is 1. The van der Waals surface area contributed by atoms with E-state index in [-0.39, 0.29) is 24.8 Å². The van der Waals surface area contributed by atoms with Crippen LogP contribution in [0, 0.1) is 6.92 Å². The number of hydrogen-bond donors (Lipinski definition) is 2. The molecule has 0 aliphatic carbocycles. The Morgan fingerprint density at radius 3 is 2.59 bits per heavy atom. The number of rotatable bonds is 4. The van der Waals surface area contributed by atoms with Gasteiger partial charge in [0, 0.05) is 48.8 Å². The van der Waals surface area contributed by atoms with Gasteiger partial charge in [-0.2, -0.15) is 0 Å². The molecule has 1 aromatic heterocycles. The number of para-hydroxylation sites is 1. The van der Waals surface area contributed by atoms with Gasteiger partial charge in [-0.1, -0.05) is 24.3 Å². The first kappa shape index (κ1) is 19.0. The predicted octanol–water partition coefficient (Wildman–Crippen LogP) is 3.84. The van der Waals surface area contributed by atoms with Crippen molar-refractivity contribution < 1.29 is 0 Å². The average Bonchev–Trinajstić information content (AvgIpc) is 2.82. The Balaban J connectivity index is 0.00000121. The highest BCUT2D eigenvalue weighted by molar-refractivity contribution is 5.86. The fourth-order valence-electron chi connectivity index (χ4n) is 3.33. The molecule has 1 atom stereocenters. The third-order valence-corrected chi connectivity index (χ3v) is 4.26. The third-order valence-electron chi connectivity index (χ3n) is 4.26. The molecule has 0 spiro atoms. The summed E-state index contributed by atoms with van der Waals surface area (Å²) in [5.74, 6) is 0. The van der Waals surface area contributed by atoms with Crippen LogP contribution in [0.5, 0.6) is 0 Å². The molecule has 3 rings (SSSR count). The van der Waals surface area contributed by atoms with Crippen molar-refractivity contribution in [2.75, 3.05) is 26.2 Å². The summed E-state index contributed by atoms with van der Waals surface area (Å²) in [6, 6.07) is 9.05. The van der Waals surface area contributed by atoms with Crippen LogP contribution in [0.15, 0.2) is 36.9 Å². The molecule has 0 unspecified atom stereocenters. The van der Waals surface area contributed by atoms with Gasteiger partial charge in [0.25, 0.3) is 0 Å². The van der Waals surface area contributed by atoms with Gasteiger partial charge in [-0.25, -0.2) is 0 Å². The SMILES string of the molecule is C=CC[C@@H](c1c(C)[nH]c2ccccc12)N1CCNCC1.Cl.Cl. The van der Waals surface area contributed by atoms with Crippen LogP contribution in [0.3, 0.4) is 0 Å². The van der Waals surface area contributed by atoms with Crippen molar-refractivity contribution in [1.29, 1.82) is 0 Å². The van der Waals surface area contributed by atoms with Crippen molar-refractivity contribution in [1.82, 2.24) is 15.2 Å². The second kappa shape index (κ2) is 8.59. The maximum Gasteiger partial charge on any atom is 0.0459 e. The lowest BCUT2D eigenvalue weighted by Crippen LogP contribution is -2.45. The molecule has 122 valence electrons. The van der Waals surface area contributed by atoms with Gasteiger partial charge >= 0.3 is 0 Å². The average molecular weight is 342 g/mol. The number of fused-ring (bicyclic) bond motifs is 1. The van der Waals surface area contributed by atoms with E-state index in [9.17, 15) is 0 Å². The summed E-state index contributed by atoms with van der Waals surface area (Å²) in [6.07, 6.45) is 3.05. The molecular weight excluding hydrogens is 317 g/mol. The molecule has 2 aromatic rings. The monoisotopic (exact) mass is 341 g/mol. The highest BCUT2D eigenvalue weighted by atomic mass is 35.5. The molecule has 2 N–H and O–H groups in total. The standard InChI is InChI=1S/C17H23N3.2ClH/c1-3-6-16(20-11-9-18-10-12-20)17-13(2)19-15-8-5-4-7-14(15)17;;/h3-5,7-8,16,18-19H,1,6,9-12H2,2H3;2*1H/t16-;;/m0../s1. The molecule has 1 saturated heterocycles. The summed E-state index contributed by atoms with van der Waals surface area (Å²) >= 11 is 0. The van der Waals surface area contributed by atoms with Crippen LogP contribution < -0.4 is 5.32 Å². The molecule has 1 fully saturated rings. The van der Waals surface area contributed by atoms with Gasteiger partial charge in [0.15, 0.2) is 0 Å². The van der Waals surface area contributed by atoms with E-state index in [0.29, 0.717) is 6.04 Å².